The molecule has 2 aromatic rings. The van der Waals surface area contributed by atoms with E-state index >= 15 is 0 Å². The van der Waals surface area contributed by atoms with Gasteiger partial charge in [0.25, 0.3) is 0 Å². The topological polar surface area (TPSA) is 77.8 Å². The molecule has 0 saturated heterocycles. The molecule has 0 bridgehead atoms. The summed E-state index contributed by atoms with van der Waals surface area (Å²) < 4.78 is 0. The van der Waals surface area contributed by atoms with E-state index in [1.54, 1.807) is 30.3 Å². The van der Waals surface area contributed by atoms with Gasteiger partial charge in [0.05, 0.1) is 0 Å². The average Bonchev–Trinajstić information content (AvgIpc) is 2.61. The predicted molar refractivity (Wildman–Crippen MR) is 108 cm³/mol. The van der Waals surface area contributed by atoms with Gasteiger partial charge in [0.1, 0.15) is 22.8 Å². The fourth-order valence-corrected chi connectivity index (χ4v) is 2.77. The van der Waals surface area contributed by atoms with Crippen LogP contribution in [0.25, 0.3) is 0 Å². The molecule has 4 heteroatoms. The number of aromatic hydroxyl groups is 3. The van der Waals surface area contributed by atoms with Crippen molar-refractivity contribution in [2.75, 3.05) is 0 Å². The third-order valence-corrected chi connectivity index (χ3v) is 4.31. The van der Waals surface area contributed by atoms with Crippen LogP contribution < -0.4 is 0 Å². The number of hydrogen-bond acceptors (Lipinski definition) is 4. The highest BCUT2D eigenvalue weighted by Crippen LogP contribution is 2.43. The highest BCUT2D eigenvalue weighted by molar-refractivity contribution is 6.13. The quantitative estimate of drug-likeness (QED) is 0.494. The Morgan fingerprint density at radius 1 is 0.778 bits per heavy atom. The number of allylic oxidation sites excluding steroid dienone is 4. The number of hydrogen-bond donors (Lipinski definition) is 3. The van der Waals surface area contributed by atoms with E-state index in [1.165, 1.54) is 0 Å². The lowest BCUT2D eigenvalue weighted by Crippen LogP contribution is -2.06. The van der Waals surface area contributed by atoms with Gasteiger partial charge < -0.3 is 15.3 Å². The minimum Gasteiger partial charge on any atom is -0.507 e. The molecule has 3 N–H and O–H groups in total. The van der Waals surface area contributed by atoms with Crippen LogP contribution in [0.4, 0.5) is 0 Å². The first-order valence-corrected chi connectivity index (χ1v) is 8.89. The van der Waals surface area contributed by atoms with Gasteiger partial charge in [0.15, 0.2) is 0 Å². The van der Waals surface area contributed by atoms with Gasteiger partial charge in [-0.05, 0) is 40.5 Å². The van der Waals surface area contributed by atoms with Gasteiger partial charge in [-0.25, -0.2) is 0 Å². The number of rotatable bonds is 6. The monoisotopic (exact) mass is 366 g/mol. The van der Waals surface area contributed by atoms with Gasteiger partial charge in [-0.1, -0.05) is 53.6 Å². The minimum atomic E-state index is -0.484. The molecular formula is C23H26O4. The molecule has 0 aliphatic carbocycles. The second-order valence-corrected chi connectivity index (χ2v) is 7.04. The SMILES string of the molecule is CC(C)=CCc1c(O)c(CC=C(C)C)c(O)c(C(=O)c2ccccc2)c1O. The normalized spacial score (nSPS) is 10.4. The molecule has 0 saturated carbocycles. The Morgan fingerprint density at radius 2 is 1.22 bits per heavy atom. The van der Waals surface area contributed by atoms with Gasteiger partial charge in [-0.2, -0.15) is 0 Å². The van der Waals surface area contributed by atoms with Crippen LogP contribution >= 0.6 is 0 Å². The first-order chi connectivity index (χ1) is 12.7. The van der Waals surface area contributed by atoms with Crippen LogP contribution in [0, 0.1) is 0 Å². The lowest BCUT2D eigenvalue weighted by molar-refractivity contribution is 0.103. The smallest absolute Gasteiger partial charge is 0.200 e. The van der Waals surface area contributed by atoms with Crippen LogP contribution in [0.5, 0.6) is 17.2 Å². The lowest BCUT2D eigenvalue weighted by atomic mass is 9.91. The van der Waals surface area contributed by atoms with Crippen LogP contribution in [0.15, 0.2) is 53.6 Å². The molecule has 27 heavy (non-hydrogen) atoms. The van der Waals surface area contributed by atoms with Crippen molar-refractivity contribution >= 4 is 5.78 Å². The van der Waals surface area contributed by atoms with Crippen molar-refractivity contribution in [1.29, 1.82) is 0 Å². The van der Waals surface area contributed by atoms with E-state index in [2.05, 4.69) is 0 Å². The fourth-order valence-electron chi connectivity index (χ4n) is 2.77. The first-order valence-electron chi connectivity index (χ1n) is 8.89. The van der Waals surface area contributed by atoms with Crippen molar-refractivity contribution in [3.05, 3.63) is 75.9 Å². The number of phenolic OH excluding ortho intramolecular Hbond substituents is 3. The van der Waals surface area contributed by atoms with Crippen molar-refractivity contribution in [2.45, 2.75) is 40.5 Å². The van der Waals surface area contributed by atoms with E-state index in [4.69, 9.17) is 0 Å². The van der Waals surface area contributed by atoms with E-state index in [-0.39, 0.29) is 46.8 Å². The summed E-state index contributed by atoms with van der Waals surface area (Å²) in [6.07, 6.45) is 4.23. The molecule has 0 spiro atoms. The molecule has 0 atom stereocenters. The van der Waals surface area contributed by atoms with Crippen LogP contribution in [0.3, 0.4) is 0 Å². The fraction of sp³-hybridized carbons (Fsp3) is 0.261. The van der Waals surface area contributed by atoms with Crippen LogP contribution in [-0.4, -0.2) is 21.1 Å². The molecule has 0 heterocycles. The second kappa shape index (κ2) is 8.58. The summed E-state index contributed by atoms with van der Waals surface area (Å²) in [5.74, 6) is -1.42. The minimum absolute atomic E-state index is 0.173. The maximum Gasteiger partial charge on any atom is 0.200 e. The van der Waals surface area contributed by atoms with E-state index in [0.717, 1.165) is 11.1 Å². The Kier molecular flexibility index (Phi) is 6.45. The molecule has 0 fully saturated rings. The first kappa shape index (κ1) is 20.3. The highest BCUT2D eigenvalue weighted by atomic mass is 16.3. The van der Waals surface area contributed by atoms with Crippen LogP contribution in [-0.2, 0) is 12.8 Å². The van der Waals surface area contributed by atoms with Crippen molar-refractivity contribution in [2.24, 2.45) is 0 Å². The van der Waals surface area contributed by atoms with Crippen molar-refractivity contribution in [3.63, 3.8) is 0 Å². The zero-order chi connectivity index (χ0) is 20.1. The molecule has 2 aromatic carbocycles. The van der Waals surface area contributed by atoms with Crippen molar-refractivity contribution < 1.29 is 20.1 Å². The number of benzene rings is 2. The van der Waals surface area contributed by atoms with Crippen molar-refractivity contribution in [3.8, 4) is 17.2 Å². The van der Waals surface area contributed by atoms with Gasteiger partial charge >= 0.3 is 0 Å². The molecule has 2 rings (SSSR count). The Morgan fingerprint density at radius 3 is 1.63 bits per heavy atom. The summed E-state index contributed by atoms with van der Waals surface area (Å²) in [5.41, 5.74) is 2.70. The Balaban J connectivity index is 2.72. The van der Waals surface area contributed by atoms with Crippen molar-refractivity contribution in [1.82, 2.24) is 0 Å². The van der Waals surface area contributed by atoms with Gasteiger partial charge in [0, 0.05) is 16.7 Å². The maximum absolute atomic E-state index is 12.9. The Labute approximate surface area is 160 Å². The van der Waals surface area contributed by atoms with E-state index in [9.17, 15) is 20.1 Å². The van der Waals surface area contributed by atoms with Crippen LogP contribution in [0.2, 0.25) is 0 Å². The molecular weight excluding hydrogens is 340 g/mol. The number of ketones is 1. The molecule has 0 unspecified atom stereocenters. The molecule has 0 amide bonds. The standard InChI is InChI=1S/C23H26O4/c1-14(2)10-12-17-21(25)18(13-11-15(3)4)23(27)19(22(17)26)20(24)16-8-6-5-7-9-16/h5-11,25-27H,12-13H2,1-4H3. The maximum atomic E-state index is 12.9. The summed E-state index contributed by atoms with van der Waals surface area (Å²) in [5, 5.41) is 32.1. The summed E-state index contributed by atoms with van der Waals surface area (Å²) >= 11 is 0. The second-order valence-electron chi connectivity index (χ2n) is 7.04. The number of carbonyl (C=O) groups is 1. The molecule has 142 valence electrons. The zero-order valence-corrected chi connectivity index (χ0v) is 16.2. The summed E-state index contributed by atoms with van der Waals surface area (Å²) in [6.45, 7) is 7.65. The van der Waals surface area contributed by atoms with E-state index in [0.29, 0.717) is 5.56 Å². The number of carbonyl (C=O) groups excluding carboxylic acids is 1. The Bertz CT molecular complexity index is 851. The third kappa shape index (κ3) is 4.59. The van der Waals surface area contributed by atoms with E-state index in [1.807, 2.05) is 39.8 Å². The summed E-state index contributed by atoms with van der Waals surface area (Å²) in [4.78, 5) is 12.9. The summed E-state index contributed by atoms with van der Waals surface area (Å²) in [6, 6.07) is 8.47. The van der Waals surface area contributed by atoms with Gasteiger partial charge in [-0.3, -0.25) is 4.79 Å². The molecule has 0 aromatic heterocycles. The zero-order valence-electron chi connectivity index (χ0n) is 16.2. The molecule has 0 radical (unpaired) electrons. The summed E-state index contributed by atoms with van der Waals surface area (Å²) in [7, 11) is 0. The largest absolute Gasteiger partial charge is 0.507 e. The van der Waals surface area contributed by atoms with Gasteiger partial charge in [0.2, 0.25) is 5.78 Å². The molecule has 0 aliphatic rings. The average molecular weight is 366 g/mol. The van der Waals surface area contributed by atoms with Gasteiger partial charge in [-0.15, -0.1) is 0 Å². The third-order valence-electron chi connectivity index (χ3n) is 4.31. The predicted octanol–water partition coefficient (Wildman–Crippen LogP) is 5.05. The molecule has 0 aliphatic heterocycles. The molecule has 4 nitrogen and oxygen atoms in total. The highest BCUT2D eigenvalue weighted by Gasteiger charge is 2.27. The van der Waals surface area contributed by atoms with E-state index < -0.39 is 5.78 Å². The lowest BCUT2D eigenvalue weighted by Gasteiger charge is -2.17. The number of phenols is 3. The Hall–Kier alpha value is -3.01. The van der Waals surface area contributed by atoms with Crippen LogP contribution in [0.1, 0.15) is 54.7 Å².